The molecule has 22 heavy (non-hydrogen) atoms. The van der Waals surface area contributed by atoms with E-state index in [9.17, 15) is 14.4 Å². The number of halogens is 1. The van der Waals surface area contributed by atoms with Crippen LogP contribution in [0.2, 0.25) is 0 Å². The van der Waals surface area contributed by atoms with E-state index in [-0.39, 0.29) is 12.4 Å². The normalized spacial score (nSPS) is 12.8. The van der Waals surface area contributed by atoms with Gasteiger partial charge in [0.1, 0.15) is 17.5 Å². The summed E-state index contributed by atoms with van der Waals surface area (Å²) in [5.74, 6) is 0.143. The zero-order valence-corrected chi connectivity index (χ0v) is 11.4. The van der Waals surface area contributed by atoms with Crippen LogP contribution >= 0.6 is 0 Å². The number of ether oxygens (including phenoxy) is 2. The molecule has 2 aromatic rings. The van der Waals surface area contributed by atoms with Crippen molar-refractivity contribution in [3.63, 3.8) is 0 Å². The van der Waals surface area contributed by atoms with Crippen LogP contribution in [0.25, 0.3) is 6.08 Å². The molecule has 0 aliphatic carbocycles. The van der Waals surface area contributed by atoms with Crippen molar-refractivity contribution in [3.05, 3.63) is 65.0 Å². The third-order valence-corrected chi connectivity index (χ3v) is 3.16. The Morgan fingerprint density at radius 2 is 2.00 bits per heavy atom. The number of benzene rings is 2. The summed E-state index contributed by atoms with van der Waals surface area (Å²) in [5.41, 5.74) is 0.684. The summed E-state index contributed by atoms with van der Waals surface area (Å²) in [7, 11) is 0. The van der Waals surface area contributed by atoms with Crippen molar-refractivity contribution in [1.29, 1.82) is 5.26 Å². The topological polar surface area (TPSA) is 59.3 Å². The van der Waals surface area contributed by atoms with Gasteiger partial charge in [0.05, 0.1) is 0 Å². The highest BCUT2D eigenvalue weighted by Gasteiger charge is 2.18. The van der Waals surface area contributed by atoms with Crippen molar-refractivity contribution < 1.29 is 18.7 Å². The highest BCUT2D eigenvalue weighted by molar-refractivity contribution is 6.14. The van der Waals surface area contributed by atoms with Crippen LogP contribution < -0.4 is 9.47 Å². The Hall–Kier alpha value is -3.13. The van der Waals surface area contributed by atoms with Gasteiger partial charge in [-0.05, 0) is 42.0 Å². The summed E-state index contributed by atoms with van der Waals surface area (Å²) in [6.07, 6.45) is 1.36. The van der Waals surface area contributed by atoms with E-state index in [4.69, 9.17) is 9.47 Å². The number of carbonyl (C=O) groups excluding carboxylic acids is 1. The number of carbonyl (C=O) groups is 1. The van der Waals surface area contributed by atoms with Gasteiger partial charge in [0, 0.05) is 5.56 Å². The molecule has 1 heterocycles. The van der Waals surface area contributed by atoms with E-state index in [1.165, 1.54) is 30.3 Å². The number of rotatable bonds is 3. The molecule has 0 N–H and O–H groups in total. The van der Waals surface area contributed by atoms with Crippen LogP contribution in [-0.4, -0.2) is 12.6 Å². The van der Waals surface area contributed by atoms with Crippen LogP contribution in [0.1, 0.15) is 15.9 Å². The molecule has 1 aliphatic rings. The standard InChI is InChI=1S/C17H10FNO3/c18-14-3-1-2-11(7-14)6-13(9-19)17(20)12-4-5-15-16(8-12)22-10-21-15/h1-8H,10H2/b13-6+. The largest absolute Gasteiger partial charge is 0.454 e. The quantitative estimate of drug-likeness (QED) is 0.495. The molecule has 1 aliphatic heterocycles. The van der Waals surface area contributed by atoms with Crippen LogP contribution in [0.5, 0.6) is 11.5 Å². The fourth-order valence-electron chi connectivity index (χ4n) is 2.10. The molecule has 0 saturated heterocycles. The lowest BCUT2D eigenvalue weighted by molar-refractivity contribution is 0.103. The summed E-state index contributed by atoms with van der Waals surface area (Å²) < 4.78 is 23.6. The fourth-order valence-corrected chi connectivity index (χ4v) is 2.10. The average Bonchev–Trinajstić information content (AvgIpc) is 2.99. The van der Waals surface area contributed by atoms with E-state index in [1.807, 2.05) is 6.07 Å². The molecule has 0 amide bonds. The van der Waals surface area contributed by atoms with Gasteiger partial charge in [0.2, 0.25) is 12.6 Å². The number of Topliss-reactive ketones (excluding diaryl/α,β-unsaturated/α-hetero) is 1. The Balaban J connectivity index is 1.94. The van der Waals surface area contributed by atoms with Gasteiger partial charge in [0.25, 0.3) is 0 Å². The number of nitrogens with zero attached hydrogens (tertiary/aromatic N) is 1. The zero-order valence-electron chi connectivity index (χ0n) is 11.4. The van der Waals surface area contributed by atoms with E-state index in [0.29, 0.717) is 22.6 Å². The maximum Gasteiger partial charge on any atom is 0.231 e. The van der Waals surface area contributed by atoms with E-state index in [1.54, 1.807) is 18.2 Å². The van der Waals surface area contributed by atoms with Crippen molar-refractivity contribution in [2.75, 3.05) is 6.79 Å². The Bertz CT molecular complexity index is 821. The molecule has 0 aromatic heterocycles. The summed E-state index contributed by atoms with van der Waals surface area (Å²) in [4.78, 5) is 12.4. The van der Waals surface area contributed by atoms with Crippen LogP contribution in [0.15, 0.2) is 48.0 Å². The molecule has 4 nitrogen and oxygen atoms in total. The Labute approximate surface area is 126 Å². The number of ketones is 1. The van der Waals surface area contributed by atoms with E-state index in [2.05, 4.69) is 0 Å². The van der Waals surface area contributed by atoms with Gasteiger partial charge in [-0.25, -0.2) is 4.39 Å². The predicted molar refractivity (Wildman–Crippen MR) is 76.9 cm³/mol. The third-order valence-electron chi connectivity index (χ3n) is 3.16. The molecule has 0 saturated carbocycles. The zero-order chi connectivity index (χ0) is 15.5. The summed E-state index contributed by atoms with van der Waals surface area (Å²) in [6.45, 7) is 0.108. The SMILES string of the molecule is N#C/C(=C\c1cccc(F)c1)C(=O)c1ccc2c(c1)OCO2. The molecule has 108 valence electrons. The maximum atomic E-state index is 13.2. The van der Waals surface area contributed by atoms with Gasteiger partial charge in [-0.2, -0.15) is 5.26 Å². The van der Waals surface area contributed by atoms with Crippen molar-refractivity contribution in [3.8, 4) is 17.6 Å². The second-order valence-corrected chi connectivity index (χ2v) is 4.62. The highest BCUT2D eigenvalue weighted by Crippen LogP contribution is 2.33. The molecule has 0 atom stereocenters. The molecular weight excluding hydrogens is 285 g/mol. The number of allylic oxidation sites excluding steroid dienone is 1. The van der Waals surface area contributed by atoms with Gasteiger partial charge in [0.15, 0.2) is 11.5 Å². The molecular formula is C17H10FNO3. The van der Waals surface area contributed by atoms with Crippen molar-refractivity contribution in [1.82, 2.24) is 0 Å². The molecule has 5 heteroatoms. The van der Waals surface area contributed by atoms with Gasteiger partial charge in [-0.3, -0.25) is 4.79 Å². The van der Waals surface area contributed by atoms with Crippen LogP contribution in [0.3, 0.4) is 0 Å². The van der Waals surface area contributed by atoms with E-state index in [0.717, 1.165) is 0 Å². The minimum Gasteiger partial charge on any atom is -0.454 e. The minimum absolute atomic E-state index is 0.0792. The smallest absolute Gasteiger partial charge is 0.231 e. The maximum absolute atomic E-state index is 13.2. The second-order valence-electron chi connectivity index (χ2n) is 4.62. The molecule has 0 spiro atoms. The number of nitriles is 1. The first kappa shape index (κ1) is 13.8. The molecule has 3 rings (SSSR count). The lowest BCUT2D eigenvalue weighted by Gasteiger charge is -2.02. The van der Waals surface area contributed by atoms with E-state index < -0.39 is 11.6 Å². The summed E-state index contributed by atoms with van der Waals surface area (Å²) in [6, 6.07) is 12.2. The number of hydrogen-bond acceptors (Lipinski definition) is 4. The second kappa shape index (κ2) is 5.70. The predicted octanol–water partition coefficient (Wildman–Crippen LogP) is 3.34. The van der Waals surface area contributed by atoms with Crippen molar-refractivity contribution in [2.24, 2.45) is 0 Å². The van der Waals surface area contributed by atoms with Crippen molar-refractivity contribution >= 4 is 11.9 Å². The highest BCUT2D eigenvalue weighted by atomic mass is 19.1. The number of hydrogen-bond donors (Lipinski definition) is 0. The first-order chi connectivity index (χ1) is 10.7. The Kier molecular flexibility index (Phi) is 3.58. The molecule has 0 radical (unpaired) electrons. The monoisotopic (exact) mass is 295 g/mol. The van der Waals surface area contributed by atoms with Gasteiger partial charge >= 0.3 is 0 Å². The molecule has 2 aromatic carbocycles. The lowest BCUT2D eigenvalue weighted by Crippen LogP contribution is -2.02. The average molecular weight is 295 g/mol. The summed E-state index contributed by atoms with van der Waals surface area (Å²) in [5, 5.41) is 9.19. The van der Waals surface area contributed by atoms with E-state index >= 15 is 0 Å². The fraction of sp³-hybridized carbons (Fsp3) is 0.0588. The van der Waals surface area contributed by atoms with Crippen LogP contribution in [0, 0.1) is 17.1 Å². The Morgan fingerprint density at radius 3 is 2.77 bits per heavy atom. The van der Waals surface area contributed by atoms with Gasteiger partial charge < -0.3 is 9.47 Å². The minimum atomic E-state index is -0.454. The molecule has 0 fully saturated rings. The Morgan fingerprint density at radius 1 is 1.18 bits per heavy atom. The first-order valence-electron chi connectivity index (χ1n) is 6.49. The molecule has 0 unspecified atom stereocenters. The van der Waals surface area contributed by atoms with Crippen LogP contribution in [0.4, 0.5) is 4.39 Å². The summed E-state index contributed by atoms with van der Waals surface area (Å²) >= 11 is 0. The molecule has 0 bridgehead atoms. The lowest BCUT2D eigenvalue weighted by atomic mass is 10.0. The first-order valence-corrected chi connectivity index (χ1v) is 6.49. The van der Waals surface area contributed by atoms with Gasteiger partial charge in [-0.1, -0.05) is 12.1 Å². The van der Waals surface area contributed by atoms with Gasteiger partial charge in [-0.15, -0.1) is 0 Å². The van der Waals surface area contributed by atoms with Crippen molar-refractivity contribution in [2.45, 2.75) is 0 Å². The third kappa shape index (κ3) is 2.67. The number of fused-ring (bicyclic) bond motifs is 1. The van der Waals surface area contributed by atoms with Crippen LogP contribution in [-0.2, 0) is 0 Å².